The minimum absolute atomic E-state index is 0.340. The summed E-state index contributed by atoms with van der Waals surface area (Å²) in [6.45, 7) is 0. The number of rotatable bonds is 5. The fourth-order valence-electron chi connectivity index (χ4n) is 6.83. The molecule has 43 heavy (non-hydrogen) atoms. The number of hydrogen-bond donors (Lipinski definition) is 2. The first-order chi connectivity index (χ1) is 21.1. The van der Waals surface area contributed by atoms with E-state index < -0.39 is 5.60 Å². The quantitative estimate of drug-likeness (QED) is 0.208. The number of aromatic amines is 2. The van der Waals surface area contributed by atoms with Gasteiger partial charge >= 0.3 is 5.97 Å². The van der Waals surface area contributed by atoms with Crippen LogP contribution in [0.1, 0.15) is 27.0 Å². The monoisotopic (exact) mass is 559 g/mol. The lowest BCUT2D eigenvalue weighted by Crippen LogP contribution is -2.32. The summed E-state index contributed by atoms with van der Waals surface area (Å²) in [6.07, 6.45) is 0. The molecule has 0 fully saturated rings. The van der Waals surface area contributed by atoms with E-state index in [1.165, 1.54) is 0 Å². The van der Waals surface area contributed by atoms with Crippen LogP contribution in [0.15, 0.2) is 127 Å². The molecule has 0 atom stereocenters. The highest BCUT2D eigenvalue weighted by Gasteiger charge is 2.55. The molecule has 208 valence electrons. The second-order valence-electron chi connectivity index (χ2n) is 11.2. The summed E-state index contributed by atoms with van der Waals surface area (Å²) < 4.78 is 6.93. The number of hydrogen-bond acceptors (Lipinski definition) is 3. The number of cyclic esters (lactones) is 1. The lowest BCUT2D eigenvalue weighted by Gasteiger charge is -2.34. The summed E-state index contributed by atoms with van der Waals surface area (Å²) in [4.78, 5) is 23.7. The van der Waals surface area contributed by atoms with Crippen LogP contribution >= 0.6 is 0 Å². The van der Waals surface area contributed by atoms with Crippen LogP contribution < -0.4 is 4.90 Å². The molecule has 0 saturated heterocycles. The van der Waals surface area contributed by atoms with E-state index >= 15 is 0 Å². The Hall–Kier alpha value is -5.55. The largest absolute Gasteiger partial charge is 0.440 e. The lowest BCUT2D eigenvalue weighted by atomic mass is 9.75. The van der Waals surface area contributed by atoms with Gasteiger partial charge in [0.25, 0.3) is 0 Å². The standard InChI is InChI=1S/C38H29N3O2/c1-41(2)31-23-13-20-28-32(31)38(43-37(28)42,33-26-18-9-11-21-29(26)39-35(33)24-14-5-3-6-15-24)34-27-19-10-12-22-30(27)40-36(34)25-16-7-4-8-17-25/h3-23,39-40H,1-2H3. The first-order valence-corrected chi connectivity index (χ1v) is 14.5. The molecule has 1 aliphatic heterocycles. The molecule has 5 nitrogen and oxygen atoms in total. The molecule has 3 heterocycles. The highest BCUT2D eigenvalue weighted by Crippen LogP contribution is 2.58. The van der Waals surface area contributed by atoms with E-state index in [-0.39, 0.29) is 5.97 Å². The fraction of sp³-hybridized carbons (Fsp3) is 0.0789. The van der Waals surface area contributed by atoms with Gasteiger partial charge in [0.15, 0.2) is 5.60 Å². The minimum atomic E-state index is -1.29. The van der Waals surface area contributed by atoms with Crippen molar-refractivity contribution < 1.29 is 9.53 Å². The van der Waals surface area contributed by atoms with E-state index in [0.29, 0.717) is 5.56 Å². The molecular weight excluding hydrogens is 530 g/mol. The van der Waals surface area contributed by atoms with Gasteiger partial charge in [-0.25, -0.2) is 4.79 Å². The Balaban J connectivity index is 1.63. The second-order valence-corrected chi connectivity index (χ2v) is 11.2. The predicted molar refractivity (Wildman–Crippen MR) is 174 cm³/mol. The zero-order chi connectivity index (χ0) is 29.1. The van der Waals surface area contributed by atoms with E-state index in [0.717, 1.165) is 66.7 Å². The number of nitrogens with one attached hydrogen (secondary N) is 2. The van der Waals surface area contributed by atoms with Gasteiger partial charge in [-0.1, -0.05) is 103 Å². The number of ether oxygens (including phenoxy) is 1. The van der Waals surface area contributed by atoms with E-state index in [1.54, 1.807) is 0 Å². The van der Waals surface area contributed by atoms with E-state index in [9.17, 15) is 4.79 Å². The number of benzene rings is 5. The Kier molecular flexibility index (Phi) is 5.56. The third-order valence-electron chi connectivity index (χ3n) is 8.58. The van der Waals surface area contributed by atoms with Crippen LogP contribution in [0, 0.1) is 0 Å². The molecule has 5 heteroatoms. The fourth-order valence-corrected chi connectivity index (χ4v) is 6.83. The molecule has 8 rings (SSSR count). The van der Waals surface area contributed by atoms with E-state index in [4.69, 9.17) is 4.74 Å². The lowest BCUT2D eigenvalue weighted by molar-refractivity contribution is 0.0264. The molecule has 0 spiro atoms. The number of nitrogens with zero attached hydrogens (tertiary/aromatic N) is 1. The predicted octanol–water partition coefficient (Wildman–Crippen LogP) is 8.51. The van der Waals surface area contributed by atoms with Crippen LogP contribution in [-0.2, 0) is 10.3 Å². The van der Waals surface area contributed by atoms with Crippen molar-refractivity contribution in [3.8, 4) is 22.5 Å². The average molecular weight is 560 g/mol. The molecule has 5 aromatic carbocycles. The summed E-state index contributed by atoms with van der Waals surface area (Å²) >= 11 is 0. The van der Waals surface area contributed by atoms with Crippen LogP contribution in [0.5, 0.6) is 0 Å². The number of aromatic nitrogens is 2. The molecule has 0 amide bonds. The van der Waals surface area contributed by atoms with Gasteiger partial charge in [-0.05, 0) is 35.4 Å². The summed E-state index contributed by atoms with van der Waals surface area (Å²) in [6, 6.07) is 43.1. The number of para-hydroxylation sites is 2. The van der Waals surface area contributed by atoms with Gasteiger partial charge in [-0.2, -0.15) is 0 Å². The molecule has 0 unspecified atom stereocenters. The Morgan fingerprint density at radius 2 is 1.05 bits per heavy atom. The van der Waals surface area contributed by atoms with Gasteiger partial charge in [0.1, 0.15) is 0 Å². The number of H-pyrrole nitrogens is 2. The van der Waals surface area contributed by atoms with Gasteiger partial charge in [-0.15, -0.1) is 0 Å². The van der Waals surface area contributed by atoms with Crippen molar-refractivity contribution >= 4 is 33.5 Å². The van der Waals surface area contributed by atoms with Crippen molar-refractivity contribution in [3.05, 3.63) is 150 Å². The van der Waals surface area contributed by atoms with Gasteiger partial charge < -0.3 is 19.6 Å². The summed E-state index contributed by atoms with van der Waals surface area (Å²) in [5, 5.41) is 2.00. The first kappa shape index (κ1) is 25.2. The molecule has 0 aliphatic carbocycles. The Morgan fingerprint density at radius 1 is 0.558 bits per heavy atom. The van der Waals surface area contributed by atoms with Crippen molar-refractivity contribution in [1.82, 2.24) is 9.97 Å². The number of fused-ring (bicyclic) bond motifs is 3. The summed E-state index contributed by atoms with van der Waals surface area (Å²) in [5.74, 6) is -0.340. The Morgan fingerprint density at radius 3 is 1.56 bits per heavy atom. The van der Waals surface area contributed by atoms with E-state index in [2.05, 4.69) is 69.5 Å². The second kappa shape index (κ2) is 9.50. The van der Waals surface area contributed by atoms with Crippen LogP contribution in [0.4, 0.5) is 5.69 Å². The van der Waals surface area contributed by atoms with Gasteiger partial charge in [0.2, 0.25) is 0 Å². The maximum absolute atomic E-state index is 14.2. The number of carbonyl (C=O) groups is 1. The highest BCUT2D eigenvalue weighted by atomic mass is 16.6. The smallest absolute Gasteiger partial charge is 0.340 e. The highest BCUT2D eigenvalue weighted by molar-refractivity contribution is 6.05. The van der Waals surface area contributed by atoms with Crippen LogP contribution in [0.3, 0.4) is 0 Å². The average Bonchev–Trinajstić information content (AvgIpc) is 3.72. The van der Waals surface area contributed by atoms with Crippen LogP contribution in [-0.4, -0.2) is 30.0 Å². The SMILES string of the molecule is CN(C)c1cccc2c1C(c1c(-c3ccccc3)[nH]c3ccccc13)(c1c(-c3ccccc3)[nH]c3ccccc13)OC2=O. The van der Waals surface area contributed by atoms with Crippen molar-refractivity contribution in [1.29, 1.82) is 0 Å². The van der Waals surface area contributed by atoms with Crippen molar-refractivity contribution in [2.75, 3.05) is 19.0 Å². The van der Waals surface area contributed by atoms with Gasteiger partial charge in [0, 0.05) is 58.3 Å². The van der Waals surface area contributed by atoms with Crippen LogP contribution in [0.2, 0.25) is 0 Å². The molecule has 2 aromatic heterocycles. The molecule has 0 bridgehead atoms. The number of carbonyl (C=O) groups excluding carboxylic acids is 1. The van der Waals surface area contributed by atoms with Crippen molar-refractivity contribution in [3.63, 3.8) is 0 Å². The maximum Gasteiger partial charge on any atom is 0.340 e. The Labute approximate surface area is 249 Å². The molecule has 0 saturated carbocycles. The third-order valence-corrected chi connectivity index (χ3v) is 8.58. The minimum Gasteiger partial charge on any atom is -0.440 e. The van der Waals surface area contributed by atoms with Crippen molar-refractivity contribution in [2.24, 2.45) is 0 Å². The zero-order valence-corrected chi connectivity index (χ0v) is 23.9. The number of esters is 1. The Bertz CT molecular complexity index is 2040. The molecule has 0 radical (unpaired) electrons. The number of anilines is 1. The molecular formula is C38H29N3O2. The van der Waals surface area contributed by atoms with Gasteiger partial charge in [0.05, 0.1) is 17.0 Å². The van der Waals surface area contributed by atoms with Crippen molar-refractivity contribution in [2.45, 2.75) is 5.60 Å². The van der Waals surface area contributed by atoms with E-state index in [1.807, 2.05) is 86.9 Å². The molecule has 1 aliphatic rings. The zero-order valence-electron chi connectivity index (χ0n) is 23.9. The first-order valence-electron chi connectivity index (χ1n) is 14.5. The van der Waals surface area contributed by atoms with Crippen LogP contribution in [0.25, 0.3) is 44.3 Å². The maximum atomic E-state index is 14.2. The topological polar surface area (TPSA) is 61.1 Å². The summed E-state index contributed by atoms with van der Waals surface area (Å²) in [7, 11) is 4.04. The third kappa shape index (κ3) is 3.61. The molecule has 7 aromatic rings. The molecule has 2 N–H and O–H groups in total. The summed E-state index contributed by atoms with van der Waals surface area (Å²) in [5.41, 5.74) is 8.69. The van der Waals surface area contributed by atoms with Gasteiger partial charge in [-0.3, -0.25) is 0 Å². The normalized spacial score (nSPS) is 13.8.